The molecule has 1 atom stereocenters. The number of aromatic nitrogens is 4. The zero-order valence-electron chi connectivity index (χ0n) is 15.2. The van der Waals surface area contributed by atoms with Crippen molar-refractivity contribution in [3.05, 3.63) is 57.2 Å². The smallest absolute Gasteiger partial charge is 0.275 e. The first kappa shape index (κ1) is 17.9. The number of rotatable bonds is 5. The Bertz CT molecular complexity index is 1010. The molecule has 3 aromatic heterocycles. The van der Waals surface area contributed by atoms with Crippen LogP contribution in [0.2, 0.25) is 0 Å². The van der Waals surface area contributed by atoms with E-state index in [1.165, 1.54) is 15.9 Å². The number of hydrogen-bond acceptors (Lipinski definition) is 7. The predicted octanol–water partition coefficient (Wildman–Crippen LogP) is 2.20. The fourth-order valence-electron chi connectivity index (χ4n) is 3.48. The third kappa shape index (κ3) is 3.81. The van der Waals surface area contributed by atoms with E-state index in [9.17, 15) is 9.59 Å². The molecule has 0 bridgehead atoms. The van der Waals surface area contributed by atoms with E-state index in [1.807, 2.05) is 19.1 Å². The number of carbonyl (C=O) groups is 1. The Morgan fingerprint density at radius 2 is 2.26 bits per heavy atom. The third-order valence-corrected chi connectivity index (χ3v) is 5.87. The van der Waals surface area contributed by atoms with Crippen LogP contribution in [-0.2, 0) is 13.0 Å². The maximum Gasteiger partial charge on any atom is 0.275 e. The summed E-state index contributed by atoms with van der Waals surface area (Å²) in [7, 11) is 0. The number of carbonyl (C=O) groups excluding carboxylic acids is 1. The number of pyridine rings is 1. The maximum absolute atomic E-state index is 12.7. The second kappa shape index (κ2) is 7.66. The van der Waals surface area contributed by atoms with Gasteiger partial charge in [-0.05, 0) is 37.9 Å². The van der Waals surface area contributed by atoms with E-state index >= 15 is 0 Å². The Morgan fingerprint density at radius 3 is 3.04 bits per heavy atom. The fraction of sp³-hybridized carbons (Fsp3) is 0.421. The predicted molar refractivity (Wildman–Crippen MR) is 103 cm³/mol. The van der Waals surface area contributed by atoms with Gasteiger partial charge in [0.25, 0.3) is 5.56 Å². The highest BCUT2D eigenvalue weighted by atomic mass is 32.1. The van der Waals surface area contributed by atoms with Crippen molar-refractivity contribution in [3.63, 3.8) is 0 Å². The molecule has 3 aromatic rings. The Hall–Kier alpha value is -2.45. The first-order valence-electron chi connectivity index (χ1n) is 9.20. The molecule has 7 nitrogen and oxygen atoms in total. The fourth-order valence-corrected chi connectivity index (χ4v) is 4.34. The van der Waals surface area contributed by atoms with Gasteiger partial charge in [-0.15, -0.1) is 0 Å². The first-order valence-corrected chi connectivity index (χ1v) is 10.0. The summed E-state index contributed by atoms with van der Waals surface area (Å²) in [4.78, 5) is 36.6. The number of piperidine rings is 1. The highest BCUT2D eigenvalue weighted by molar-refractivity contribution is 7.16. The molecule has 0 aliphatic carbocycles. The Morgan fingerprint density at radius 1 is 1.37 bits per heavy atom. The summed E-state index contributed by atoms with van der Waals surface area (Å²) in [6.07, 6.45) is 4.26. The summed E-state index contributed by atoms with van der Waals surface area (Å²) in [6.45, 7) is 4.14. The lowest BCUT2D eigenvalue weighted by atomic mass is 9.92. The van der Waals surface area contributed by atoms with Gasteiger partial charge in [0.05, 0.1) is 5.69 Å². The molecule has 0 amide bonds. The zero-order chi connectivity index (χ0) is 18.8. The molecule has 27 heavy (non-hydrogen) atoms. The van der Waals surface area contributed by atoms with Crippen LogP contribution >= 0.6 is 11.3 Å². The van der Waals surface area contributed by atoms with Crippen molar-refractivity contribution < 1.29 is 4.79 Å². The zero-order valence-corrected chi connectivity index (χ0v) is 16.0. The van der Waals surface area contributed by atoms with E-state index < -0.39 is 0 Å². The SMILES string of the molecule is CCc1nn2c(=O)cc(CN3CCCC(C(=O)c4ccccn4)C3)nc2s1. The van der Waals surface area contributed by atoms with Crippen molar-refractivity contribution in [1.82, 2.24) is 24.5 Å². The number of ketones is 1. The van der Waals surface area contributed by atoms with E-state index in [4.69, 9.17) is 0 Å². The summed E-state index contributed by atoms with van der Waals surface area (Å²) in [5.41, 5.74) is 1.11. The van der Waals surface area contributed by atoms with Crippen LogP contribution in [0.1, 0.15) is 41.0 Å². The molecule has 0 radical (unpaired) electrons. The summed E-state index contributed by atoms with van der Waals surface area (Å²) in [5, 5.41) is 5.18. The maximum atomic E-state index is 12.7. The number of fused-ring (bicyclic) bond motifs is 1. The minimum Gasteiger partial charge on any atom is -0.297 e. The molecular weight excluding hydrogens is 362 g/mol. The van der Waals surface area contributed by atoms with Crippen LogP contribution in [-0.4, -0.2) is 43.4 Å². The van der Waals surface area contributed by atoms with E-state index in [-0.39, 0.29) is 17.3 Å². The van der Waals surface area contributed by atoms with Crippen LogP contribution in [0, 0.1) is 5.92 Å². The van der Waals surface area contributed by atoms with E-state index in [2.05, 4.69) is 20.0 Å². The number of likely N-dealkylation sites (tertiary alicyclic amines) is 1. The number of aryl methyl sites for hydroxylation is 1. The Labute approximate surface area is 160 Å². The lowest BCUT2D eigenvalue weighted by Crippen LogP contribution is -2.38. The van der Waals surface area contributed by atoms with E-state index in [0.717, 1.165) is 36.5 Å². The van der Waals surface area contributed by atoms with Crippen LogP contribution in [0.3, 0.4) is 0 Å². The van der Waals surface area contributed by atoms with Crippen molar-refractivity contribution in [1.29, 1.82) is 0 Å². The molecule has 1 saturated heterocycles. The molecular formula is C19H21N5O2S. The molecule has 0 N–H and O–H groups in total. The standard InChI is InChI=1S/C19H21N5O2S/c1-2-16-22-24-17(25)10-14(21-19(24)27-16)12-23-9-5-6-13(11-23)18(26)15-7-3-4-8-20-15/h3-4,7-8,10,13H,2,5-6,9,11-12H2,1H3. The van der Waals surface area contributed by atoms with Gasteiger partial charge in [0.2, 0.25) is 4.96 Å². The van der Waals surface area contributed by atoms with Gasteiger partial charge >= 0.3 is 0 Å². The topological polar surface area (TPSA) is 80.5 Å². The molecule has 1 aliphatic rings. The van der Waals surface area contributed by atoms with Gasteiger partial charge in [0.15, 0.2) is 5.78 Å². The van der Waals surface area contributed by atoms with Crippen molar-refractivity contribution >= 4 is 22.1 Å². The second-order valence-corrected chi connectivity index (χ2v) is 7.82. The average molecular weight is 383 g/mol. The van der Waals surface area contributed by atoms with Crippen molar-refractivity contribution in [3.8, 4) is 0 Å². The molecule has 0 spiro atoms. The lowest BCUT2D eigenvalue weighted by Gasteiger charge is -2.31. The third-order valence-electron chi connectivity index (χ3n) is 4.82. The van der Waals surface area contributed by atoms with Crippen LogP contribution in [0.5, 0.6) is 0 Å². The van der Waals surface area contributed by atoms with Gasteiger partial charge in [-0.25, -0.2) is 4.98 Å². The summed E-state index contributed by atoms with van der Waals surface area (Å²) in [6, 6.07) is 6.98. The summed E-state index contributed by atoms with van der Waals surface area (Å²) >= 11 is 1.45. The molecule has 4 heterocycles. The van der Waals surface area contributed by atoms with Crippen molar-refractivity contribution in [2.75, 3.05) is 13.1 Å². The van der Waals surface area contributed by atoms with Gasteiger partial charge in [-0.2, -0.15) is 9.61 Å². The van der Waals surface area contributed by atoms with Crippen molar-refractivity contribution in [2.24, 2.45) is 5.92 Å². The van der Waals surface area contributed by atoms with Gasteiger partial charge < -0.3 is 0 Å². The first-order chi connectivity index (χ1) is 13.1. The largest absolute Gasteiger partial charge is 0.297 e. The monoisotopic (exact) mass is 383 g/mol. The Kier molecular flexibility index (Phi) is 5.09. The summed E-state index contributed by atoms with van der Waals surface area (Å²) in [5.74, 6) is 0.0346. The van der Waals surface area contributed by atoms with Crippen LogP contribution in [0.15, 0.2) is 35.3 Å². The van der Waals surface area contributed by atoms with Gasteiger partial charge in [0, 0.05) is 31.3 Å². The molecule has 140 valence electrons. The molecule has 1 unspecified atom stereocenters. The molecule has 0 aromatic carbocycles. The van der Waals surface area contributed by atoms with Crippen LogP contribution in [0.25, 0.3) is 4.96 Å². The van der Waals surface area contributed by atoms with Crippen LogP contribution < -0.4 is 5.56 Å². The van der Waals surface area contributed by atoms with Gasteiger partial charge in [-0.1, -0.05) is 24.3 Å². The molecule has 1 aliphatic heterocycles. The minimum atomic E-state index is -0.149. The Balaban J connectivity index is 1.50. The van der Waals surface area contributed by atoms with Crippen molar-refractivity contribution in [2.45, 2.75) is 32.7 Å². The number of hydrogen-bond donors (Lipinski definition) is 0. The minimum absolute atomic E-state index is 0.0615. The normalized spacial score (nSPS) is 18.0. The highest BCUT2D eigenvalue weighted by Crippen LogP contribution is 2.21. The molecule has 0 saturated carbocycles. The second-order valence-electron chi connectivity index (χ2n) is 6.78. The number of nitrogens with zero attached hydrogens (tertiary/aromatic N) is 5. The highest BCUT2D eigenvalue weighted by Gasteiger charge is 2.27. The molecule has 1 fully saturated rings. The van der Waals surface area contributed by atoms with Gasteiger partial charge in [0.1, 0.15) is 10.7 Å². The van der Waals surface area contributed by atoms with Gasteiger partial charge in [-0.3, -0.25) is 19.5 Å². The lowest BCUT2D eigenvalue weighted by molar-refractivity contribution is 0.0805. The summed E-state index contributed by atoms with van der Waals surface area (Å²) < 4.78 is 1.37. The number of Topliss-reactive ketones (excluding diaryl/α,β-unsaturated/α-hetero) is 1. The average Bonchev–Trinajstić information content (AvgIpc) is 3.12. The van der Waals surface area contributed by atoms with E-state index in [1.54, 1.807) is 18.3 Å². The molecule has 4 rings (SSSR count). The molecule has 8 heteroatoms. The van der Waals surface area contributed by atoms with E-state index in [0.29, 0.717) is 23.7 Å². The van der Waals surface area contributed by atoms with Crippen LogP contribution in [0.4, 0.5) is 0 Å². The quantitative estimate of drug-likeness (QED) is 0.629.